The molecule has 0 aliphatic carbocycles. The van der Waals surface area contributed by atoms with Gasteiger partial charge >= 0.3 is 0 Å². The number of phenolic OH excluding ortho intramolecular Hbond substituents is 1. The van der Waals surface area contributed by atoms with Crippen molar-refractivity contribution in [3.8, 4) is 5.75 Å². The normalized spacial score (nSPS) is 9.83. The lowest BCUT2D eigenvalue weighted by Gasteiger charge is -1.82. The molecule has 1 rings (SSSR count). The molecule has 0 aliphatic heterocycles. The second kappa shape index (κ2) is 5.04. The molecule has 3 N–H and O–H groups in total. The van der Waals surface area contributed by atoms with Gasteiger partial charge in [-0.3, -0.25) is 9.11 Å². The molecule has 12 heavy (non-hydrogen) atoms. The van der Waals surface area contributed by atoms with E-state index >= 15 is 0 Å². The molecule has 0 atom stereocenters. The van der Waals surface area contributed by atoms with Crippen LogP contribution in [0.2, 0.25) is 0 Å². The first-order valence-corrected chi connectivity index (χ1v) is 5.23. The number of benzene rings is 1. The molecule has 0 bridgehead atoms. The molecule has 0 fully saturated rings. The van der Waals surface area contributed by atoms with Gasteiger partial charge in [-0.1, -0.05) is 18.2 Å². The summed E-state index contributed by atoms with van der Waals surface area (Å²) in [5.41, 5.74) is 0. The molecule has 68 valence electrons. The lowest BCUT2D eigenvalue weighted by Crippen LogP contribution is -1.86. The topological polar surface area (TPSA) is 77.8 Å². The fourth-order valence-corrected chi connectivity index (χ4v) is 0.428. The molecule has 0 unspecified atom stereocenters. The highest BCUT2D eigenvalue weighted by atomic mass is 32.9. The van der Waals surface area contributed by atoms with E-state index in [0.717, 1.165) is 0 Å². The summed E-state index contributed by atoms with van der Waals surface area (Å²) in [5.74, 6) is 0.322. The van der Waals surface area contributed by atoms with Crippen LogP contribution in [-0.2, 0) is 20.2 Å². The number of hydrogen-bond donors (Lipinski definition) is 3. The maximum Gasteiger partial charge on any atom is 0.263 e. The zero-order chi connectivity index (χ0) is 9.61. The van der Waals surface area contributed by atoms with E-state index < -0.39 is 9.05 Å². The van der Waals surface area contributed by atoms with Crippen LogP contribution in [-0.4, -0.2) is 18.4 Å². The van der Waals surface area contributed by atoms with Crippen LogP contribution in [0.1, 0.15) is 0 Å². The smallest absolute Gasteiger partial charge is 0.263 e. The van der Waals surface area contributed by atoms with E-state index in [1.54, 1.807) is 24.3 Å². The molecule has 0 spiro atoms. The Balaban J connectivity index is 0.000000217. The predicted octanol–water partition coefficient (Wildman–Crippen LogP) is 1.07. The highest BCUT2D eigenvalue weighted by Gasteiger charge is 1.78. The summed E-state index contributed by atoms with van der Waals surface area (Å²) in [4.78, 5) is 0. The van der Waals surface area contributed by atoms with Gasteiger partial charge in [0, 0.05) is 11.2 Å². The molecule has 0 radical (unpaired) electrons. The van der Waals surface area contributed by atoms with Crippen molar-refractivity contribution < 1.29 is 18.4 Å². The van der Waals surface area contributed by atoms with Gasteiger partial charge in [-0.05, 0) is 12.1 Å². The maximum absolute atomic E-state index is 9.11. The van der Waals surface area contributed by atoms with Crippen molar-refractivity contribution in [1.29, 1.82) is 0 Å². The van der Waals surface area contributed by atoms with Crippen molar-refractivity contribution >= 4 is 20.2 Å². The summed E-state index contributed by atoms with van der Waals surface area (Å²) in [7, 11) is -3.83. The summed E-state index contributed by atoms with van der Waals surface area (Å²) < 4.78 is 24.0. The minimum atomic E-state index is -3.83. The van der Waals surface area contributed by atoms with Crippen LogP contribution in [0, 0.1) is 0 Å². The lowest BCUT2D eigenvalue weighted by molar-refractivity contribution is 0.450. The average Bonchev–Trinajstić information content (AvgIpc) is 1.85. The Labute approximate surface area is 75.2 Å². The van der Waals surface area contributed by atoms with Gasteiger partial charge in [0.05, 0.1) is 0 Å². The third-order valence-electron chi connectivity index (χ3n) is 0.756. The molecule has 0 saturated carbocycles. The van der Waals surface area contributed by atoms with Gasteiger partial charge in [0.1, 0.15) is 5.75 Å². The van der Waals surface area contributed by atoms with Gasteiger partial charge in [-0.15, -0.1) is 0 Å². The standard InChI is InChI=1S/C6H6O.H2O3S2/c7-6-4-2-1-3-5-6;1-5(2,3)4/h1-5,7H;(H2,1,2,3,4). The molecule has 0 amide bonds. The molecule has 1 aromatic rings. The van der Waals surface area contributed by atoms with Crippen molar-refractivity contribution in [3.05, 3.63) is 30.3 Å². The van der Waals surface area contributed by atoms with E-state index in [-0.39, 0.29) is 0 Å². The van der Waals surface area contributed by atoms with Crippen molar-refractivity contribution in [2.45, 2.75) is 0 Å². The van der Waals surface area contributed by atoms with Crippen molar-refractivity contribution in [1.82, 2.24) is 0 Å². The molecule has 1 aromatic carbocycles. The quantitative estimate of drug-likeness (QED) is 0.594. The number of hydrogen-bond acceptors (Lipinski definition) is 3. The van der Waals surface area contributed by atoms with E-state index in [4.69, 9.17) is 18.4 Å². The van der Waals surface area contributed by atoms with E-state index in [0.29, 0.717) is 5.75 Å². The molecule has 6 heteroatoms. The van der Waals surface area contributed by atoms with Crippen molar-refractivity contribution in [2.75, 3.05) is 0 Å². The van der Waals surface area contributed by atoms with Crippen LogP contribution in [0.25, 0.3) is 0 Å². The van der Waals surface area contributed by atoms with E-state index in [1.807, 2.05) is 6.07 Å². The van der Waals surface area contributed by atoms with Crippen LogP contribution in [0.4, 0.5) is 0 Å². The number of para-hydroxylation sites is 1. The monoisotopic (exact) mass is 208 g/mol. The summed E-state index contributed by atoms with van der Waals surface area (Å²) in [6.45, 7) is 0. The minimum Gasteiger partial charge on any atom is -0.508 e. The third kappa shape index (κ3) is 12.0. The first kappa shape index (κ1) is 11.3. The maximum atomic E-state index is 9.11. The van der Waals surface area contributed by atoms with Gasteiger partial charge in [0.2, 0.25) is 0 Å². The lowest BCUT2D eigenvalue weighted by atomic mass is 10.3. The fraction of sp³-hybridized carbons (Fsp3) is 0. The molecule has 0 aliphatic rings. The zero-order valence-electron chi connectivity index (χ0n) is 5.95. The Bertz CT molecular complexity index is 298. The molecule has 0 heterocycles. The number of phenols is 1. The molecule has 4 nitrogen and oxygen atoms in total. The van der Waals surface area contributed by atoms with Crippen LogP contribution in [0.3, 0.4) is 0 Å². The van der Waals surface area contributed by atoms with Crippen LogP contribution < -0.4 is 0 Å². The van der Waals surface area contributed by atoms with E-state index in [1.165, 1.54) is 0 Å². The van der Waals surface area contributed by atoms with Gasteiger partial charge in [-0.2, -0.15) is 4.21 Å². The van der Waals surface area contributed by atoms with Gasteiger partial charge in [0.25, 0.3) is 9.05 Å². The number of rotatable bonds is 0. The van der Waals surface area contributed by atoms with Gasteiger partial charge in [0.15, 0.2) is 0 Å². The summed E-state index contributed by atoms with van der Waals surface area (Å²) in [5, 5.41) is 8.63. The molecule has 0 saturated heterocycles. The summed E-state index contributed by atoms with van der Waals surface area (Å²) >= 11 is 3.47. The zero-order valence-corrected chi connectivity index (χ0v) is 7.59. The Morgan fingerprint density at radius 2 is 1.50 bits per heavy atom. The molecular weight excluding hydrogens is 200 g/mol. The Morgan fingerprint density at radius 3 is 1.67 bits per heavy atom. The predicted molar refractivity (Wildman–Crippen MR) is 48.9 cm³/mol. The third-order valence-corrected chi connectivity index (χ3v) is 0.756. The Hall–Kier alpha value is -0.690. The average molecular weight is 208 g/mol. The minimum absolute atomic E-state index is 0.322. The van der Waals surface area contributed by atoms with E-state index in [2.05, 4.69) is 11.2 Å². The van der Waals surface area contributed by atoms with Crippen LogP contribution >= 0.6 is 0 Å². The SMILES string of the molecule is O=S(O)(O)=S.Oc1ccccc1. The molecule has 0 aromatic heterocycles. The largest absolute Gasteiger partial charge is 0.508 e. The summed E-state index contributed by atoms with van der Waals surface area (Å²) in [6, 6.07) is 8.71. The second-order valence-corrected chi connectivity index (χ2v) is 3.98. The van der Waals surface area contributed by atoms with E-state index in [9.17, 15) is 0 Å². The van der Waals surface area contributed by atoms with Crippen LogP contribution in [0.15, 0.2) is 30.3 Å². The fourth-order valence-electron chi connectivity index (χ4n) is 0.428. The van der Waals surface area contributed by atoms with Crippen molar-refractivity contribution in [2.24, 2.45) is 0 Å². The first-order valence-electron chi connectivity index (χ1n) is 2.83. The first-order chi connectivity index (χ1) is 5.39. The highest BCUT2D eigenvalue weighted by molar-refractivity contribution is 8.26. The summed E-state index contributed by atoms with van der Waals surface area (Å²) in [6.07, 6.45) is 0. The van der Waals surface area contributed by atoms with Gasteiger partial charge < -0.3 is 5.11 Å². The Morgan fingerprint density at radius 1 is 1.17 bits per heavy atom. The van der Waals surface area contributed by atoms with Crippen LogP contribution in [0.5, 0.6) is 5.75 Å². The number of aromatic hydroxyl groups is 1. The van der Waals surface area contributed by atoms with Gasteiger partial charge in [-0.25, -0.2) is 0 Å². The highest BCUT2D eigenvalue weighted by Crippen LogP contribution is 2.02. The molecular formula is C6H8O4S2. The van der Waals surface area contributed by atoms with Crippen molar-refractivity contribution in [3.63, 3.8) is 0 Å². The Kier molecular flexibility index (Phi) is 4.75. The second-order valence-electron chi connectivity index (χ2n) is 1.78.